The van der Waals surface area contributed by atoms with E-state index in [0.29, 0.717) is 12.0 Å². The van der Waals surface area contributed by atoms with E-state index in [1.807, 2.05) is 37.4 Å². The van der Waals surface area contributed by atoms with E-state index in [1.54, 1.807) is 23.5 Å². The van der Waals surface area contributed by atoms with Crippen molar-refractivity contribution in [2.24, 2.45) is 5.92 Å². The van der Waals surface area contributed by atoms with Crippen molar-refractivity contribution in [1.82, 2.24) is 20.5 Å². The summed E-state index contributed by atoms with van der Waals surface area (Å²) in [6.45, 7) is 8.04. The van der Waals surface area contributed by atoms with Crippen LogP contribution in [0.1, 0.15) is 35.6 Å². The Morgan fingerprint density at radius 1 is 1.24 bits per heavy atom. The number of nitrogens with zero attached hydrogens (tertiary/aromatic N) is 3. The second kappa shape index (κ2) is 12.3. The van der Waals surface area contributed by atoms with Gasteiger partial charge in [0.25, 0.3) is 5.91 Å². The van der Waals surface area contributed by atoms with Crippen molar-refractivity contribution in [3.63, 3.8) is 0 Å². The Hall–Kier alpha value is -3.00. The summed E-state index contributed by atoms with van der Waals surface area (Å²) < 4.78 is 5.38. The number of hydrogen-bond acceptors (Lipinski definition) is 8. The molecule has 0 radical (unpaired) electrons. The van der Waals surface area contributed by atoms with E-state index < -0.39 is 6.04 Å². The monoisotopic (exact) mass is 470 g/mol. The second-order valence-electron chi connectivity index (χ2n) is 8.25. The first-order valence-electron chi connectivity index (χ1n) is 11.0. The highest BCUT2D eigenvalue weighted by molar-refractivity contribution is 7.10. The predicted octanol–water partition coefficient (Wildman–Crippen LogP) is 2.50. The molecule has 0 saturated carbocycles. The smallest absolute Gasteiger partial charge is 0.251 e. The Bertz CT molecular complexity index is 963. The predicted molar refractivity (Wildman–Crippen MR) is 127 cm³/mol. The molecule has 1 aromatic carbocycles. The van der Waals surface area contributed by atoms with E-state index >= 15 is 0 Å². The molecular formula is C23H30N6O3S. The summed E-state index contributed by atoms with van der Waals surface area (Å²) in [5.74, 6) is 0.293. The molecule has 1 aliphatic heterocycles. The molecule has 3 rings (SSSR count). The van der Waals surface area contributed by atoms with Crippen LogP contribution in [0.5, 0.6) is 0 Å². The summed E-state index contributed by atoms with van der Waals surface area (Å²) in [5.41, 5.74) is 1.27. The number of carbonyl (C=O) groups excluding carboxylic acids is 2. The molecule has 1 aromatic heterocycles. The van der Waals surface area contributed by atoms with Gasteiger partial charge in [-0.1, -0.05) is 13.8 Å². The van der Waals surface area contributed by atoms with Gasteiger partial charge in [0.2, 0.25) is 5.91 Å². The zero-order valence-electron chi connectivity index (χ0n) is 19.0. The first kappa shape index (κ1) is 24.6. The molecule has 9 nitrogen and oxygen atoms in total. The third-order valence-electron chi connectivity index (χ3n) is 5.10. The molecule has 3 N–H and O–H groups in total. The Morgan fingerprint density at radius 2 is 1.97 bits per heavy atom. The molecule has 0 bridgehead atoms. The average molecular weight is 471 g/mol. The van der Waals surface area contributed by atoms with E-state index in [2.05, 4.69) is 25.8 Å². The fraction of sp³-hybridized carbons (Fsp3) is 0.478. The van der Waals surface area contributed by atoms with Crippen molar-refractivity contribution in [2.75, 3.05) is 38.2 Å². The number of anilines is 2. The van der Waals surface area contributed by atoms with Crippen LogP contribution in [0.4, 0.5) is 11.5 Å². The van der Waals surface area contributed by atoms with Crippen LogP contribution < -0.4 is 16.0 Å². The number of amides is 2. The van der Waals surface area contributed by atoms with Crippen LogP contribution in [0, 0.1) is 17.2 Å². The molecule has 10 heteroatoms. The molecule has 1 saturated heterocycles. The number of ether oxygens (including phenoxy) is 1. The number of nitriles is 1. The molecule has 176 valence electrons. The van der Waals surface area contributed by atoms with Crippen LogP contribution in [-0.2, 0) is 16.1 Å². The Labute approximate surface area is 198 Å². The van der Waals surface area contributed by atoms with Gasteiger partial charge in [-0.25, -0.2) is 4.98 Å². The summed E-state index contributed by atoms with van der Waals surface area (Å²) in [6.07, 6.45) is 0.485. The molecule has 1 fully saturated rings. The molecule has 1 aliphatic rings. The largest absolute Gasteiger partial charge is 0.379 e. The van der Waals surface area contributed by atoms with Gasteiger partial charge in [0.1, 0.15) is 23.4 Å². The fourth-order valence-electron chi connectivity index (χ4n) is 3.44. The minimum atomic E-state index is -0.691. The van der Waals surface area contributed by atoms with Crippen LogP contribution in [-0.4, -0.2) is 60.6 Å². The van der Waals surface area contributed by atoms with E-state index in [4.69, 9.17) is 10.00 Å². The molecule has 2 heterocycles. The average Bonchev–Trinajstić information content (AvgIpc) is 3.24. The zero-order chi connectivity index (χ0) is 23.6. The van der Waals surface area contributed by atoms with Gasteiger partial charge >= 0.3 is 0 Å². The molecule has 33 heavy (non-hydrogen) atoms. The Morgan fingerprint density at radius 3 is 2.64 bits per heavy atom. The molecule has 2 amide bonds. The highest BCUT2D eigenvalue weighted by atomic mass is 32.1. The van der Waals surface area contributed by atoms with Gasteiger partial charge in [0.15, 0.2) is 0 Å². The van der Waals surface area contributed by atoms with E-state index in [-0.39, 0.29) is 24.3 Å². The van der Waals surface area contributed by atoms with Crippen molar-refractivity contribution in [2.45, 2.75) is 32.9 Å². The lowest BCUT2D eigenvalue weighted by molar-refractivity contribution is -0.123. The topological polar surface area (TPSA) is 119 Å². The summed E-state index contributed by atoms with van der Waals surface area (Å²) in [4.78, 5) is 31.9. The van der Waals surface area contributed by atoms with Gasteiger partial charge < -0.3 is 20.7 Å². The lowest BCUT2D eigenvalue weighted by atomic mass is 10.0. The lowest BCUT2D eigenvalue weighted by Gasteiger charge is -2.25. The van der Waals surface area contributed by atoms with Crippen molar-refractivity contribution >= 4 is 34.7 Å². The summed E-state index contributed by atoms with van der Waals surface area (Å²) in [7, 11) is 0. The minimum absolute atomic E-state index is 0.0888. The molecule has 0 aliphatic carbocycles. The van der Waals surface area contributed by atoms with Crippen LogP contribution in [0.25, 0.3) is 0 Å². The Kier molecular flexibility index (Phi) is 9.18. The maximum absolute atomic E-state index is 12.7. The van der Waals surface area contributed by atoms with Crippen molar-refractivity contribution in [3.8, 4) is 6.07 Å². The highest BCUT2D eigenvalue weighted by Gasteiger charge is 2.22. The summed E-state index contributed by atoms with van der Waals surface area (Å²) in [6, 6.07) is 8.22. The summed E-state index contributed by atoms with van der Waals surface area (Å²) >= 11 is 1.61. The van der Waals surface area contributed by atoms with E-state index in [0.717, 1.165) is 49.4 Å². The van der Waals surface area contributed by atoms with Crippen molar-refractivity contribution in [3.05, 3.63) is 40.2 Å². The normalized spacial score (nSPS) is 15.0. The number of aromatic nitrogens is 1. The fourth-order valence-corrected chi connectivity index (χ4v) is 4.21. The maximum Gasteiger partial charge on any atom is 0.251 e. The SMILES string of the molecule is CC(C)C[C@H](NC(=O)c1ccc(Nc2csc(CN3CCOCC3)n2)cc1)C(=O)NCC#N. The number of thiazole rings is 1. The number of carbonyl (C=O) groups is 2. The number of morpholine rings is 1. The molecule has 0 spiro atoms. The minimum Gasteiger partial charge on any atom is -0.379 e. The Balaban J connectivity index is 1.56. The highest BCUT2D eigenvalue weighted by Crippen LogP contribution is 2.21. The third-order valence-corrected chi connectivity index (χ3v) is 5.94. The van der Waals surface area contributed by atoms with Crippen molar-refractivity contribution in [1.29, 1.82) is 5.26 Å². The number of benzene rings is 1. The zero-order valence-corrected chi connectivity index (χ0v) is 19.8. The van der Waals surface area contributed by atoms with Crippen LogP contribution in [0.15, 0.2) is 29.6 Å². The van der Waals surface area contributed by atoms with E-state index in [9.17, 15) is 9.59 Å². The lowest BCUT2D eigenvalue weighted by Crippen LogP contribution is -2.47. The molecular weight excluding hydrogens is 440 g/mol. The van der Waals surface area contributed by atoms with Gasteiger partial charge in [0.05, 0.1) is 25.8 Å². The number of hydrogen-bond donors (Lipinski definition) is 3. The maximum atomic E-state index is 12.7. The van der Waals surface area contributed by atoms with Crippen LogP contribution in [0.2, 0.25) is 0 Å². The number of rotatable bonds is 10. The van der Waals surface area contributed by atoms with Gasteiger partial charge in [-0.15, -0.1) is 11.3 Å². The van der Waals surface area contributed by atoms with Gasteiger partial charge in [-0.2, -0.15) is 5.26 Å². The quantitative estimate of drug-likeness (QED) is 0.457. The second-order valence-corrected chi connectivity index (χ2v) is 9.19. The molecule has 2 aromatic rings. The van der Waals surface area contributed by atoms with Crippen LogP contribution in [0.3, 0.4) is 0 Å². The summed E-state index contributed by atoms with van der Waals surface area (Å²) in [5, 5.41) is 20.3. The third kappa shape index (κ3) is 7.82. The molecule has 0 unspecified atom stereocenters. The van der Waals surface area contributed by atoms with Crippen molar-refractivity contribution < 1.29 is 14.3 Å². The van der Waals surface area contributed by atoms with Gasteiger partial charge in [0, 0.05) is 29.7 Å². The molecule has 1 atom stereocenters. The first-order chi connectivity index (χ1) is 15.9. The van der Waals surface area contributed by atoms with E-state index in [1.165, 1.54) is 0 Å². The van der Waals surface area contributed by atoms with Gasteiger partial charge in [-0.3, -0.25) is 14.5 Å². The first-order valence-corrected chi connectivity index (χ1v) is 11.9. The standard InChI is InChI=1S/C23H30N6O3S/c1-16(2)13-19(23(31)25-8-7-24)27-22(30)17-3-5-18(6-4-17)26-20-15-33-21(28-20)14-29-9-11-32-12-10-29/h3-6,15-16,19,26H,8-14H2,1-2H3,(H,25,31)(H,27,30)/t19-/m0/s1. The van der Waals surface area contributed by atoms with Gasteiger partial charge in [-0.05, 0) is 36.6 Å². The van der Waals surface area contributed by atoms with Crippen LogP contribution >= 0.6 is 11.3 Å². The number of nitrogens with one attached hydrogen (secondary N) is 3.